The molecule has 208 valence electrons. The zero-order chi connectivity index (χ0) is 26.8. The van der Waals surface area contributed by atoms with E-state index in [4.69, 9.17) is 4.74 Å². The number of ether oxygens (including phenoxy) is 1. The minimum atomic E-state index is -0.972. The van der Waals surface area contributed by atoms with Gasteiger partial charge in [0.05, 0.1) is 6.10 Å². The Morgan fingerprint density at radius 3 is 2.54 bits per heavy atom. The van der Waals surface area contributed by atoms with E-state index in [1.807, 2.05) is 20.9 Å². The van der Waals surface area contributed by atoms with Crippen LogP contribution in [0, 0.1) is 23.5 Å². The van der Waals surface area contributed by atoms with Crippen molar-refractivity contribution in [2.75, 3.05) is 33.3 Å². The van der Waals surface area contributed by atoms with Crippen LogP contribution in [-0.2, 0) is 9.53 Å². The third kappa shape index (κ3) is 8.92. The number of benzene rings is 1. The van der Waals surface area contributed by atoms with Crippen LogP contribution in [0.5, 0.6) is 0 Å². The second-order valence-electron chi connectivity index (χ2n) is 10.9. The Bertz CT molecular complexity index is 879. The van der Waals surface area contributed by atoms with Crippen LogP contribution in [0.2, 0.25) is 0 Å². The van der Waals surface area contributed by atoms with Crippen molar-refractivity contribution in [2.45, 2.75) is 83.4 Å². The van der Waals surface area contributed by atoms with Gasteiger partial charge in [-0.2, -0.15) is 0 Å². The van der Waals surface area contributed by atoms with Gasteiger partial charge in [0.25, 0.3) is 0 Å². The summed E-state index contributed by atoms with van der Waals surface area (Å²) >= 11 is 0. The highest BCUT2D eigenvalue weighted by molar-refractivity contribution is 5.77. The summed E-state index contributed by atoms with van der Waals surface area (Å²) in [6, 6.07) is 3.84. The number of likely N-dealkylation sites (tertiary alicyclic amines) is 1. The van der Waals surface area contributed by atoms with Crippen molar-refractivity contribution in [2.24, 2.45) is 11.8 Å². The van der Waals surface area contributed by atoms with E-state index in [2.05, 4.69) is 16.0 Å². The second kappa shape index (κ2) is 14.6. The number of amides is 3. The zero-order valence-corrected chi connectivity index (χ0v) is 22.5. The first-order valence-corrected chi connectivity index (χ1v) is 13.8. The lowest BCUT2D eigenvalue weighted by molar-refractivity contribution is -0.130. The zero-order valence-electron chi connectivity index (χ0n) is 22.5. The Balaban J connectivity index is 1.69. The molecule has 1 aromatic carbocycles. The van der Waals surface area contributed by atoms with Crippen molar-refractivity contribution in [1.29, 1.82) is 0 Å². The third-order valence-corrected chi connectivity index (χ3v) is 7.43. The fraction of sp³-hybridized carbons (Fsp3) is 0.714. The number of nitrogens with one attached hydrogen (secondary N) is 3. The maximum absolute atomic E-state index is 14.8. The normalized spacial score (nSPS) is 20.5. The van der Waals surface area contributed by atoms with Gasteiger partial charge in [-0.25, -0.2) is 13.6 Å². The van der Waals surface area contributed by atoms with Crippen LogP contribution in [0.3, 0.4) is 0 Å². The van der Waals surface area contributed by atoms with Crippen LogP contribution in [0.4, 0.5) is 13.6 Å². The van der Waals surface area contributed by atoms with Crippen LogP contribution in [0.15, 0.2) is 18.2 Å². The molecular weight excluding hydrogens is 478 g/mol. The van der Waals surface area contributed by atoms with Crippen molar-refractivity contribution >= 4 is 11.9 Å². The summed E-state index contributed by atoms with van der Waals surface area (Å²) < 4.78 is 34.8. The Labute approximate surface area is 220 Å². The minimum Gasteiger partial charge on any atom is -0.363 e. The summed E-state index contributed by atoms with van der Waals surface area (Å²) in [4.78, 5) is 27.3. The van der Waals surface area contributed by atoms with Crippen LogP contribution in [0.1, 0.15) is 76.9 Å². The molecule has 0 radical (unpaired) electrons. The van der Waals surface area contributed by atoms with Gasteiger partial charge in [-0.1, -0.05) is 44.2 Å². The number of hydrogen-bond donors (Lipinski definition) is 3. The number of halogens is 2. The summed E-state index contributed by atoms with van der Waals surface area (Å²) in [5.74, 6) is -1.89. The van der Waals surface area contributed by atoms with Crippen LogP contribution in [0.25, 0.3) is 0 Å². The molecule has 3 N–H and O–H groups in total. The molecule has 7 nitrogen and oxygen atoms in total. The molecule has 2 fully saturated rings. The number of carbonyl (C=O) groups is 2. The van der Waals surface area contributed by atoms with Gasteiger partial charge in [0.2, 0.25) is 5.91 Å². The monoisotopic (exact) mass is 522 g/mol. The predicted octanol–water partition coefficient (Wildman–Crippen LogP) is 4.53. The number of rotatable bonds is 11. The average molecular weight is 523 g/mol. The molecule has 1 unspecified atom stereocenters. The van der Waals surface area contributed by atoms with Crippen molar-refractivity contribution in [3.63, 3.8) is 0 Å². The summed E-state index contributed by atoms with van der Waals surface area (Å²) in [5.41, 5.74) is 0.0787. The van der Waals surface area contributed by atoms with Gasteiger partial charge in [-0.15, -0.1) is 0 Å². The maximum atomic E-state index is 14.8. The van der Waals surface area contributed by atoms with Crippen LogP contribution < -0.4 is 16.0 Å². The smallest absolute Gasteiger partial charge is 0.317 e. The molecule has 9 heteroatoms. The molecule has 3 atom stereocenters. The van der Waals surface area contributed by atoms with E-state index in [1.54, 1.807) is 4.90 Å². The summed E-state index contributed by atoms with van der Waals surface area (Å²) in [7, 11) is 1.89. The van der Waals surface area contributed by atoms with Gasteiger partial charge in [-0.05, 0) is 52.1 Å². The standard InChI is InChI=1S/C28H44F2N4O3/c1-19(2)32-25(35)18-37-27(23-12-7-13-24(29)26(23)30)21-11-8-14-34(17-21)28(36)33-22(16-31-3)15-20-9-5-4-6-10-20/h7,12-13,19-22,27,31H,4-6,8-11,14-18H2,1-3H3,(H,32,35)(H,33,36)/t21-,22?,27-/m1/s1. The molecule has 1 aliphatic carbocycles. The first-order valence-electron chi connectivity index (χ1n) is 13.8. The summed E-state index contributed by atoms with van der Waals surface area (Å²) in [5, 5.41) is 9.17. The minimum absolute atomic E-state index is 0.0356. The molecule has 1 saturated carbocycles. The van der Waals surface area contributed by atoms with E-state index in [0.29, 0.717) is 38.4 Å². The number of hydrogen-bond acceptors (Lipinski definition) is 4. The van der Waals surface area contributed by atoms with Crippen LogP contribution in [-0.4, -0.2) is 62.2 Å². The van der Waals surface area contributed by atoms with E-state index in [-0.39, 0.29) is 42.1 Å². The lowest BCUT2D eigenvalue weighted by Crippen LogP contribution is -2.52. The maximum Gasteiger partial charge on any atom is 0.317 e. The molecule has 3 rings (SSSR count). The first-order chi connectivity index (χ1) is 17.8. The molecule has 1 saturated heterocycles. The van der Waals surface area contributed by atoms with Gasteiger partial charge in [0.15, 0.2) is 11.6 Å². The van der Waals surface area contributed by atoms with E-state index in [1.165, 1.54) is 44.2 Å². The van der Waals surface area contributed by atoms with Crippen molar-refractivity contribution < 1.29 is 23.1 Å². The number of nitrogens with zero attached hydrogens (tertiary/aromatic N) is 1. The first kappa shape index (κ1) is 29.3. The van der Waals surface area contributed by atoms with Crippen molar-refractivity contribution in [3.8, 4) is 0 Å². The molecule has 3 amide bonds. The SMILES string of the molecule is CNCC(CC1CCCCC1)NC(=O)N1CCC[C@@H]([C@@H](OCC(=O)NC(C)C)c2cccc(F)c2F)C1. The Morgan fingerprint density at radius 2 is 1.84 bits per heavy atom. The number of carbonyl (C=O) groups excluding carboxylic acids is 2. The van der Waals surface area contributed by atoms with E-state index in [0.717, 1.165) is 12.5 Å². The van der Waals surface area contributed by atoms with Crippen molar-refractivity contribution in [1.82, 2.24) is 20.9 Å². The molecule has 0 aromatic heterocycles. The number of piperidine rings is 1. The van der Waals surface area contributed by atoms with E-state index >= 15 is 0 Å². The lowest BCUT2D eigenvalue weighted by atomic mass is 9.85. The highest BCUT2D eigenvalue weighted by Gasteiger charge is 2.34. The quantitative estimate of drug-likeness (QED) is 0.399. The molecular formula is C28H44F2N4O3. The predicted molar refractivity (Wildman–Crippen MR) is 140 cm³/mol. The Hall–Kier alpha value is -2.26. The van der Waals surface area contributed by atoms with E-state index in [9.17, 15) is 18.4 Å². The van der Waals surface area contributed by atoms with Crippen LogP contribution >= 0.6 is 0 Å². The topological polar surface area (TPSA) is 82.7 Å². The molecule has 2 aliphatic rings. The molecule has 1 aliphatic heterocycles. The number of urea groups is 1. The molecule has 0 spiro atoms. The Morgan fingerprint density at radius 1 is 1.08 bits per heavy atom. The molecule has 37 heavy (non-hydrogen) atoms. The summed E-state index contributed by atoms with van der Waals surface area (Å²) in [6.07, 6.45) is 7.73. The van der Waals surface area contributed by atoms with Gasteiger partial charge >= 0.3 is 6.03 Å². The highest BCUT2D eigenvalue weighted by atomic mass is 19.2. The summed E-state index contributed by atoms with van der Waals surface area (Å²) in [6.45, 7) is 5.04. The van der Waals surface area contributed by atoms with Gasteiger partial charge in [0, 0.05) is 43.2 Å². The van der Waals surface area contributed by atoms with Gasteiger partial charge < -0.3 is 25.6 Å². The fourth-order valence-electron chi connectivity index (χ4n) is 5.72. The second-order valence-corrected chi connectivity index (χ2v) is 10.9. The third-order valence-electron chi connectivity index (χ3n) is 7.43. The van der Waals surface area contributed by atoms with Crippen molar-refractivity contribution in [3.05, 3.63) is 35.4 Å². The van der Waals surface area contributed by atoms with E-state index < -0.39 is 17.7 Å². The number of likely N-dealkylation sites (N-methyl/N-ethyl adjacent to an activating group) is 1. The lowest BCUT2D eigenvalue weighted by Gasteiger charge is -2.38. The highest BCUT2D eigenvalue weighted by Crippen LogP contribution is 2.35. The molecule has 1 aromatic rings. The molecule has 1 heterocycles. The average Bonchev–Trinajstić information content (AvgIpc) is 2.87. The Kier molecular flexibility index (Phi) is 11.6. The van der Waals surface area contributed by atoms with Gasteiger partial charge in [-0.3, -0.25) is 4.79 Å². The molecule has 0 bridgehead atoms. The fourth-order valence-corrected chi connectivity index (χ4v) is 5.72. The largest absolute Gasteiger partial charge is 0.363 e. The van der Waals surface area contributed by atoms with Gasteiger partial charge in [0.1, 0.15) is 6.61 Å².